The zero-order valence-electron chi connectivity index (χ0n) is 9.79. The summed E-state index contributed by atoms with van der Waals surface area (Å²) >= 11 is 1.75. The lowest BCUT2D eigenvalue weighted by Gasteiger charge is -2.35. The molecule has 88 valence electrons. The number of nitrogens with zero attached hydrogens (tertiary/aromatic N) is 1. The molecule has 0 spiro atoms. The molecule has 1 aliphatic heterocycles. The summed E-state index contributed by atoms with van der Waals surface area (Å²) in [6.07, 6.45) is 6.34. The second kappa shape index (κ2) is 7.12. The maximum Gasteiger partial charge on any atom is 0.223 e. The van der Waals surface area contributed by atoms with Gasteiger partial charge in [0, 0.05) is 31.3 Å². The summed E-state index contributed by atoms with van der Waals surface area (Å²) in [5.74, 6) is 1.28. The van der Waals surface area contributed by atoms with Crippen molar-refractivity contribution >= 4 is 17.7 Å². The van der Waals surface area contributed by atoms with Crippen molar-refractivity contribution in [1.29, 1.82) is 0 Å². The smallest absolute Gasteiger partial charge is 0.223 e. The minimum absolute atomic E-state index is 0.337. The topological polar surface area (TPSA) is 32.3 Å². The normalized spacial score (nSPS) is 21.7. The highest BCUT2D eigenvalue weighted by Crippen LogP contribution is 2.17. The van der Waals surface area contributed by atoms with Gasteiger partial charge in [0.1, 0.15) is 0 Å². The number of thioether (sulfide) groups is 1. The molecule has 1 aliphatic rings. The first-order valence-electron chi connectivity index (χ1n) is 5.72. The van der Waals surface area contributed by atoms with E-state index >= 15 is 0 Å². The monoisotopic (exact) mass is 230 g/mol. The lowest BCUT2D eigenvalue weighted by molar-refractivity contribution is -0.134. The van der Waals surface area contributed by atoms with E-state index in [1.54, 1.807) is 11.8 Å². The molecule has 0 aromatic heterocycles. The Kier molecular flexibility index (Phi) is 6.10. The van der Waals surface area contributed by atoms with E-state index in [1.807, 2.05) is 7.05 Å². The summed E-state index contributed by atoms with van der Waals surface area (Å²) in [6, 6.07) is 0.429. The lowest BCUT2D eigenvalue weighted by Crippen LogP contribution is -2.48. The minimum Gasteiger partial charge on any atom is -0.338 e. The van der Waals surface area contributed by atoms with Crippen LogP contribution in [0.3, 0.4) is 0 Å². The zero-order chi connectivity index (χ0) is 11.1. The number of rotatable bonds is 5. The Hall–Kier alpha value is -0.220. The minimum atomic E-state index is 0.337. The molecule has 1 atom stereocenters. The van der Waals surface area contributed by atoms with Crippen LogP contribution in [0.1, 0.15) is 25.7 Å². The predicted molar refractivity (Wildman–Crippen MR) is 66.3 cm³/mol. The van der Waals surface area contributed by atoms with Gasteiger partial charge in [0.05, 0.1) is 0 Å². The standard InChI is InChI=1S/C11H22N2OS/c1-12-9-10-5-3-4-7-13(10)11(14)6-8-15-2/h10,12H,3-9H2,1-2H3. The second-order valence-electron chi connectivity index (χ2n) is 4.04. The van der Waals surface area contributed by atoms with Gasteiger partial charge in [-0.25, -0.2) is 0 Å². The molecule has 1 unspecified atom stereocenters. The molecule has 4 heteroatoms. The maximum absolute atomic E-state index is 11.9. The second-order valence-corrected chi connectivity index (χ2v) is 5.02. The van der Waals surface area contributed by atoms with Gasteiger partial charge < -0.3 is 10.2 Å². The van der Waals surface area contributed by atoms with Crippen LogP contribution in [0.2, 0.25) is 0 Å². The summed E-state index contributed by atoms with van der Waals surface area (Å²) in [4.78, 5) is 14.0. The third-order valence-electron chi connectivity index (χ3n) is 2.91. The van der Waals surface area contributed by atoms with E-state index in [9.17, 15) is 4.79 Å². The van der Waals surface area contributed by atoms with Crippen LogP contribution in [0.5, 0.6) is 0 Å². The molecule has 1 saturated heterocycles. The number of nitrogens with one attached hydrogen (secondary N) is 1. The fourth-order valence-corrected chi connectivity index (χ4v) is 2.49. The molecule has 15 heavy (non-hydrogen) atoms. The maximum atomic E-state index is 11.9. The van der Waals surface area contributed by atoms with Gasteiger partial charge in [-0.05, 0) is 32.6 Å². The third-order valence-corrected chi connectivity index (χ3v) is 3.52. The molecular weight excluding hydrogens is 208 g/mol. The molecule has 1 N–H and O–H groups in total. The van der Waals surface area contributed by atoms with Gasteiger partial charge in [-0.3, -0.25) is 4.79 Å². The average molecular weight is 230 g/mol. The van der Waals surface area contributed by atoms with Gasteiger partial charge in [-0.1, -0.05) is 0 Å². The summed E-state index contributed by atoms with van der Waals surface area (Å²) < 4.78 is 0. The molecule has 0 aliphatic carbocycles. The van der Waals surface area contributed by atoms with Gasteiger partial charge in [0.25, 0.3) is 0 Å². The van der Waals surface area contributed by atoms with Crippen LogP contribution in [-0.4, -0.2) is 49.0 Å². The first-order valence-corrected chi connectivity index (χ1v) is 7.12. The highest BCUT2D eigenvalue weighted by atomic mass is 32.2. The average Bonchev–Trinajstić information content (AvgIpc) is 2.27. The number of likely N-dealkylation sites (tertiary alicyclic amines) is 1. The zero-order valence-corrected chi connectivity index (χ0v) is 10.6. The van der Waals surface area contributed by atoms with Crippen molar-refractivity contribution in [3.63, 3.8) is 0 Å². The Bertz CT molecular complexity index is 197. The molecular formula is C11H22N2OS. The molecule has 0 aromatic rings. The van der Waals surface area contributed by atoms with Crippen LogP contribution in [0.4, 0.5) is 0 Å². The van der Waals surface area contributed by atoms with E-state index in [1.165, 1.54) is 12.8 Å². The quantitative estimate of drug-likeness (QED) is 0.773. The van der Waals surface area contributed by atoms with Gasteiger partial charge in [0.15, 0.2) is 0 Å². The first-order chi connectivity index (χ1) is 7.29. The van der Waals surface area contributed by atoms with Crippen molar-refractivity contribution < 1.29 is 4.79 Å². The van der Waals surface area contributed by atoms with Crippen molar-refractivity contribution in [3.05, 3.63) is 0 Å². The summed E-state index contributed by atoms with van der Waals surface area (Å²) in [5, 5.41) is 3.18. The Morgan fingerprint density at radius 1 is 1.53 bits per heavy atom. The Morgan fingerprint density at radius 3 is 3.00 bits per heavy atom. The predicted octanol–water partition coefficient (Wildman–Crippen LogP) is 1.34. The molecule has 0 saturated carbocycles. The van der Waals surface area contributed by atoms with Gasteiger partial charge in [-0.15, -0.1) is 0 Å². The van der Waals surface area contributed by atoms with Crippen LogP contribution < -0.4 is 5.32 Å². The highest BCUT2D eigenvalue weighted by molar-refractivity contribution is 7.98. The van der Waals surface area contributed by atoms with Gasteiger partial charge >= 0.3 is 0 Å². The number of amides is 1. The van der Waals surface area contributed by atoms with Gasteiger partial charge in [-0.2, -0.15) is 11.8 Å². The highest BCUT2D eigenvalue weighted by Gasteiger charge is 2.25. The van der Waals surface area contributed by atoms with Crippen LogP contribution in [-0.2, 0) is 4.79 Å². The van der Waals surface area contributed by atoms with E-state index in [0.29, 0.717) is 18.4 Å². The molecule has 1 fully saturated rings. The molecule has 0 aromatic carbocycles. The third kappa shape index (κ3) is 4.03. The van der Waals surface area contributed by atoms with Crippen LogP contribution in [0.15, 0.2) is 0 Å². The first kappa shape index (κ1) is 12.8. The Labute approximate surface area is 97.0 Å². The van der Waals surface area contributed by atoms with E-state index in [-0.39, 0.29) is 0 Å². The fourth-order valence-electron chi connectivity index (χ4n) is 2.11. The number of carbonyl (C=O) groups excluding carboxylic acids is 1. The van der Waals surface area contributed by atoms with E-state index < -0.39 is 0 Å². The largest absolute Gasteiger partial charge is 0.338 e. The number of likely N-dealkylation sites (N-methyl/N-ethyl adjacent to an activating group) is 1. The van der Waals surface area contributed by atoms with Crippen LogP contribution in [0.25, 0.3) is 0 Å². The van der Waals surface area contributed by atoms with Crippen molar-refractivity contribution in [2.45, 2.75) is 31.7 Å². The summed E-state index contributed by atoms with van der Waals surface area (Å²) in [7, 11) is 1.96. The van der Waals surface area contributed by atoms with Crippen molar-refractivity contribution in [2.24, 2.45) is 0 Å². The molecule has 0 radical (unpaired) electrons. The SMILES string of the molecule is CNCC1CCCCN1C(=O)CCSC. The molecule has 1 rings (SSSR count). The van der Waals surface area contributed by atoms with Crippen LogP contribution >= 0.6 is 11.8 Å². The van der Waals surface area contributed by atoms with Crippen molar-refractivity contribution in [3.8, 4) is 0 Å². The molecule has 1 amide bonds. The number of piperidine rings is 1. The van der Waals surface area contributed by atoms with E-state index in [2.05, 4.69) is 16.5 Å². The van der Waals surface area contributed by atoms with Crippen LogP contribution in [0, 0.1) is 0 Å². The number of carbonyl (C=O) groups is 1. The molecule has 0 bridgehead atoms. The van der Waals surface area contributed by atoms with E-state index in [0.717, 1.165) is 25.3 Å². The summed E-state index contributed by atoms with van der Waals surface area (Å²) in [5.41, 5.74) is 0. The fraction of sp³-hybridized carbons (Fsp3) is 0.909. The van der Waals surface area contributed by atoms with Crippen molar-refractivity contribution in [1.82, 2.24) is 10.2 Å². The Balaban J connectivity index is 2.43. The van der Waals surface area contributed by atoms with E-state index in [4.69, 9.17) is 0 Å². The number of hydrogen-bond acceptors (Lipinski definition) is 3. The van der Waals surface area contributed by atoms with Gasteiger partial charge in [0.2, 0.25) is 5.91 Å². The molecule has 1 heterocycles. The lowest BCUT2D eigenvalue weighted by atomic mass is 10.0. The number of hydrogen-bond donors (Lipinski definition) is 1. The van der Waals surface area contributed by atoms with Crippen molar-refractivity contribution in [2.75, 3.05) is 32.1 Å². The molecule has 3 nitrogen and oxygen atoms in total. The Morgan fingerprint density at radius 2 is 2.33 bits per heavy atom. The summed E-state index contributed by atoms with van der Waals surface area (Å²) in [6.45, 7) is 1.89.